The first kappa shape index (κ1) is 67.9. The summed E-state index contributed by atoms with van der Waals surface area (Å²) in [6, 6.07) is -0.870. The minimum Gasteiger partial charge on any atom is -0.387 e. The zero-order chi connectivity index (χ0) is 51.3. The van der Waals surface area contributed by atoms with Gasteiger partial charge in [-0.2, -0.15) is 0 Å². The van der Waals surface area contributed by atoms with E-state index < -0.39 is 20.0 Å². The average molecular weight is 1000 g/mol. The minimum absolute atomic E-state index is 0.0527. The Hall–Kier alpha value is -2.06. The topological polar surface area (TPSA) is 105 Å². The summed E-state index contributed by atoms with van der Waals surface area (Å²) in [4.78, 5) is 23.3. The van der Waals surface area contributed by atoms with Crippen molar-refractivity contribution in [1.29, 1.82) is 0 Å². The summed E-state index contributed by atoms with van der Waals surface area (Å²) in [6.07, 6.45) is 71.5. The number of aliphatic hydroxyl groups is 1. The molecule has 0 bridgehead atoms. The molecule has 0 rings (SSSR count). The number of carbonyl (C=O) groups is 1. The fraction of sp³-hybridized carbons (Fsp3) is 0.787. The fourth-order valence-electron chi connectivity index (χ4n) is 8.34. The maximum Gasteiger partial charge on any atom is 0.472 e. The SMILES string of the molecule is CC/C=C\C/C=C\C/C=C\C/C=C\CCCCCCCCCCCCC(=O)NC(COP(=O)(O)OCC[N+](C)(C)C)C(O)/C=C/CC/C=C/CCCCCCCCCCCCCCCCCCCCC. The Morgan fingerprint density at radius 1 is 0.500 bits per heavy atom. The first-order valence-electron chi connectivity index (χ1n) is 29.3. The summed E-state index contributed by atoms with van der Waals surface area (Å²) < 4.78 is 23.7. The Balaban J connectivity index is 4.26. The number of nitrogens with zero attached hydrogens (tertiary/aromatic N) is 1. The highest BCUT2D eigenvalue weighted by Crippen LogP contribution is 2.43. The Morgan fingerprint density at radius 3 is 1.31 bits per heavy atom. The molecule has 0 aliphatic rings. The van der Waals surface area contributed by atoms with Crippen LogP contribution in [0.4, 0.5) is 0 Å². The van der Waals surface area contributed by atoms with Crippen LogP contribution in [0.2, 0.25) is 0 Å². The van der Waals surface area contributed by atoms with Crippen molar-refractivity contribution in [2.24, 2.45) is 0 Å². The molecule has 70 heavy (non-hydrogen) atoms. The Morgan fingerprint density at radius 2 is 0.871 bits per heavy atom. The van der Waals surface area contributed by atoms with Gasteiger partial charge < -0.3 is 19.8 Å². The zero-order valence-corrected chi connectivity index (χ0v) is 47.4. The number of nitrogens with one attached hydrogen (secondary N) is 1. The van der Waals surface area contributed by atoms with E-state index in [0.717, 1.165) is 64.2 Å². The molecule has 0 aliphatic carbocycles. The number of phosphoric acid groups is 1. The number of hydrogen-bond donors (Lipinski definition) is 3. The second-order valence-electron chi connectivity index (χ2n) is 21.0. The van der Waals surface area contributed by atoms with Crippen molar-refractivity contribution in [1.82, 2.24) is 5.32 Å². The van der Waals surface area contributed by atoms with Crippen LogP contribution in [0, 0.1) is 0 Å². The second-order valence-corrected chi connectivity index (χ2v) is 22.4. The number of likely N-dealkylation sites (N-methyl/N-ethyl adjacent to an activating group) is 1. The standard InChI is InChI=1S/C61H113N2O6P/c1-6-8-10-12-14-16-18-20-22-24-26-28-30-31-33-34-36-38-40-42-44-46-48-50-52-54-60(64)59(58-69-70(66,67)68-57-56-63(3,4)5)62-61(65)55-53-51-49-47-45-43-41-39-37-35-32-29-27-25-23-21-19-17-15-13-11-9-7-2/h9,11,15,17,21,23,27,29,44,46,52,54,59-60,64H,6-8,10,12-14,16,18-20,22,24-26,28,30-43,45,47-51,53,55-58H2,1-5H3,(H-,62,65,66,67)/p+1/b11-9-,17-15-,23-21-,29-27-,46-44+,54-52+. The monoisotopic (exact) mass is 1000 g/mol. The lowest BCUT2D eigenvalue weighted by Crippen LogP contribution is -2.45. The molecule has 0 heterocycles. The van der Waals surface area contributed by atoms with E-state index >= 15 is 0 Å². The molecule has 0 aliphatic heterocycles. The van der Waals surface area contributed by atoms with E-state index in [9.17, 15) is 19.4 Å². The molecule has 0 aromatic rings. The molecule has 0 aromatic heterocycles. The van der Waals surface area contributed by atoms with Gasteiger partial charge in [0.15, 0.2) is 0 Å². The maximum absolute atomic E-state index is 13.0. The lowest BCUT2D eigenvalue weighted by atomic mass is 10.0. The summed E-state index contributed by atoms with van der Waals surface area (Å²) in [6.45, 7) is 4.70. The van der Waals surface area contributed by atoms with Gasteiger partial charge in [-0.05, 0) is 70.6 Å². The predicted molar refractivity (Wildman–Crippen MR) is 304 cm³/mol. The van der Waals surface area contributed by atoms with E-state index in [2.05, 4.69) is 79.9 Å². The van der Waals surface area contributed by atoms with Gasteiger partial charge in [-0.25, -0.2) is 4.57 Å². The number of allylic oxidation sites excluding steroid dienone is 11. The first-order chi connectivity index (χ1) is 34.0. The van der Waals surface area contributed by atoms with Crippen molar-refractivity contribution in [2.45, 2.75) is 270 Å². The van der Waals surface area contributed by atoms with Crippen LogP contribution < -0.4 is 5.32 Å². The van der Waals surface area contributed by atoms with Crippen molar-refractivity contribution >= 4 is 13.7 Å². The van der Waals surface area contributed by atoms with Crippen LogP contribution in [0.3, 0.4) is 0 Å². The number of quaternary nitrogens is 1. The third-order valence-electron chi connectivity index (χ3n) is 12.9. The first-order valence-corrected chi connectivity index (χ1v) is 30.8. The average Bonchev–Trinajstić information content (AvgIpc) is 3.32. The molecule has 8 nitrogen and oxygen atoms in total. The number of unbranched alkanes of at least 4 members (excludes halogenated alkanes) is 30. The van der Waals surface area contributed by atoms with Crippen LogP contribution in [-0.4, -0.2) is 73.4 Å². The van der Waals surface area contributed by atoms with Gasteiger partial charge in [0, 0.05) is 6.42 Å². The molecule has 0 saturated heterocycles. The van der Waals surface area contributed by atoms with Gasteiger partial charge in [0.05, 0.1) is 39.9 Å². The minimum atomic E-state index is -4.36. The normalized spacial score (nSPS) is 14.4. The number of phosphoric ester groups is 1. The van der Waals surface area contributed by atoms with Gasteiger partial charge in [0.2, 0.25) is 5.91 Å². The molecule has 0 radical (unpaired) electrons. The van der Waals surface area contributed by atoms with Crippen molar-refractivity contribution in [2.75, 3.05) is 40.9 Å². The quantitative estimate of drug-likeness (QED) is 0.0243. The summed E-state index contributed by atoms with van der Waals surface area (Å²) in [5.74, 6) is -0.192. The molecule has 3 unspecified atom stereocenters. The second kappa shape index (κ2) is 51.8. The molecule has 0 spiro atoms. The molecule has 0 aromatic carbocycles. The highest BCUT2D eigenvalue weighted by atomic mass is 31.2. The van der Waals surface area contributed by atoms with Crippen LogP contribution in [-0.2, 0) is 18.4 Å². The Labute approximate surface area is 434 Å². The number of carbonyl (C=O) groups excluding carboxylic acids is 1. The van der Waals surface area contributed by atoms with Crippen LogP contribution in [0.1, 0.15) is 258 Å². The van der Waals surface area contributed by atoms with Gasteiger partial charge in [0.1, 0.15) is 13.2 Å². The third-order valence-corrected chi connectivity index (χ3v) is 13.9. The summed E-state index contributed by atoms with van der Waals surface area (Å²) >= 11 is 0. The molecule has 0 fully saturated rings. The van der Waals surface area contributed by atoms with Gasteiger partial charge in [-0.15, -0.1) is 0 Å². The predicted octanol–water partition coefficient (Wildman–Crippen LogP) is 17.9. The van der Waals surface area contributed by atoms with Crippen LogP contribution in [0.5, 0.6) is 0 Å². The highest BCUT2D eigenvalue weighted by Gasteiger charge is 2.27. The fourth-order valence-corrected chi connectivity index (χ4v) is 9.08. The van der Waals surface area contributed by atoms with E-state index in [1.54, 1.807) is 6.08 Å². The third kappa shape index (κ3) is 53.7. The van der Waals surface area contributed by atoms with Crippen molar-refractivity contribution in [3.05, 3.63) is 72.9 Å². The highest BCUT2D eigenvalue weighted by molar-refractivity contribution is 7.47. The van der Waals surface area contributed by atoms with Crippen molar-refractivity contribution < 1.29 is 32.9 Å². The molecular formula is C61H114N2O6P+. The van der Waals surface area contributed by atoms with E-state index in [0.29, 0.717) is 17.4 Å². The number of amides is 1. The zero-order valence-electron chi connectivity index (χ0n) is 46.5. The molecule has 3 atom stereocenters. The molecule has 408 valence electrons. The smallest absolute Gasteiger partial charge is 0.387 e. The van der Waals surface area contributed by atoms with Gasteiger partial charge in [-0.1, -0.05) is 254 Å². The summed E-state index contributed by atoms with van der Waals surface area (Å²) in [5, 5.41) is 13.9. The van der Waals surface area contributed by atoms with Gasteiger partial charge >= 0.3 is 7.82 Å². The van der Waals surface area contributed by atoms with E-state index in [4.69, 9.17) is 9.05 Å². The van der Waals surface area contributed by atoms with Gasteiger partial charge in [-0.3, -0.25) is 13.8 Å². The van der Waals surface area contributed by atoms with Crippen LogP contribution >= 0.6 is 7.82 Å². The lowest BCUT2D eigenvalue weighted by molar-refractivity contribution is -0.870. The molecule has 0 saturated carbocycles. The van der Waals surface area contributed by atoms with Gasteiger partial charge in [0.25, 0.3) is 0 Å². The molecule has 3 N–H and O–H groups in total. The molecular weight excluding hydrogens is 888 g/mol. The van der Waals surface area contributed by atoms with Crippen LogP contribution in [0.15, 0.2) is 72.9 Å². The summed E-state index contributed by atoms with van der Waals surface area (Å²) in [7, 11) is 1.55. The summed E-state index contributed by atoms with van der Waals surface area (Å²) in [5.41, 5.74) is 0. The van der Waals surface area contributed by atoms with E-state index in [1.165, 1.54) is 173 Å². The van der Waals surface area contributed by atoms with E-state index in [1.807, 2.05) is 27.2 Å². The number of rotatable bonds is 53. The Bertz CT molecular complexity index is 1370. The Kier molecular flexibility index (Phi) is 50.3. The van der Waals surface area contributed by atoms with E-state index in [-0.39, 0.29) is 19.1 Å². The van der Waals surface area contributed by atoms with Crippen molar-refractivity contribution in [3.63, 3.8) is 0 Å². The lowest BCUT2D eigenvalue weighted by Gasteiger charge is -2.25. The van der Waals surface area contributed by atoms with Crippen LogP contribution in [0.25, 0.3) is 0 Å². The number of aliphatic hydroxyl groups excluding tert-OH is 1. The molecule has 9 heteroatoms. The maximum atomic E-state index is 13.0. The largest absolute Gasteiger partial charge is 0.472 e. The van der Waals surface area contributed by atoms with Crippen molar-refractivity contribution in [3.8, 4) is 0 Å². The number of hydrogen-bond acceptors (Lipinski definition) is 5. The molecule has 1 amide bonds.